The Morgan fingerprint density at radius 1 is 1.39 bits per heavy atom. The number of aromatic amines is 2. The van der Waals surface area contributed by atoms with Gasteiger partial charge >= 0.3 is 0 Å². The maximum Gasteiger partial charge on any atom is 0.291 e. The molecule has 18 heavy (non-hydrogen) atoms. The molecule has 3 rings (SSSR count). The van der Waals surface area contributed by atoms with Crippen molar-refractivity contribution >= 4 is 5.91 Å². The summed E-state index contributed by atoms with van der Waals surface area (Å²) >= 11 is 0. The van der Waals surface area contributed by atoms with Crippen molar-refractivity contribution in [3.63, 3.8) is 0 Å². The highest BCUT2D eigenvalue weighted by Gasteiger charge is 2.27. The van der Waals surface area contributed by atoms with Gasteiger partial charge in [0.2, 0.25) is 5.82 Å². The van der Waals surface area contributed by atoms with Gasteiger partial charge in [-0.1, -0.05) is 0 Å². The van der Waals surface area contributed by atoms with Crippen LogP contribution in [0.15, 0.2) is 18.6 Å². The predicted octanol–water partition coefficient (Wildman–Crippen LogP) is 0.548. The van der Waals surface area contributed by atoms with Gasteiger partial charge in [-0.15, -0.1) is 0 Å². The Kier molecular flexibility index (Phi) is 2.79. The van der Waals surface area contributed by atoms with Crippen LogP contribution in [-0.2, 0) is 0 Å². The lowest BCUT2D eigenvalue weighted by Crippen LogP contribution is -2.39. The van der Waals surface area contributed by atoms with Crippen molar-refractivity contribution in [2.24, 2.45) is 0 Å². The minimum atomic E-state index is -0.0864. The smallest absolute Gasteiger partial charge is 0.291 e. The normalized spacial score (nSPS) is 20.0. The van der Waals surface area contributed by atoms with Gasteiger partial charge in [0.1, 0.15) is 6.33 Å². The Morgan fingerprint density at radius 2 is 2.33 bits per heavy atom. The van der Waals surface area contributed by atoms with Crippen molar-refractivity contribution in [1.29, 1.82) is 0 Å². The van der Waals surface area contributed by atoms with Gasteiger partial charge in [0, 0.05) is 30.9 Å². The van der Waals surface area contributed by atoms with Gasteiger partial charge < -0.3 is 4.90 Å². The SMILES string of the molecule is O=C(c1ncn[nH]1)N1CCC[C@H](c2ccn[nH]2)C1. The number of H-pyrrole nitrogens is 2. The van der Waals surface area contributed by atoms with E-state index in [0.717, 1.165) is 25.1 Å². The van der Waals surface area contributed by atoms with Crippen LogP contribution < -0.4 is 0 Å². The summed E-state index contributed by atoms with van der Waals surface area (Å²) < 4.78 is 0. The Bertz CT molecular complexity index is 506. The lowest BCUT2D eigenvalue weighted by molar-refractivity contribution is 0.0694. The molecule has 7 heteroatoms. The number of likely N-dealkylation sites (tertiary alicyclic amines) is 1. The van der Waals surface area contributed by atoms with Crippen molar-refractivity contribution in [3.05, 3.63) is 30.1 Å². The van der Waals surface area contributed by atoms with Gasteiger partial charge in [-0.2, -0.15) is 10.2 Å². The van der Waals surface area contributed by atoms with Crippen LogP contribution in [0, 0.1) is 0 Å². The zero-order valence-corrected chi connectivity index (χ0v) is 9.83. The Morgan fingerprint density at radius 3 is 3.06 bits per heavy atom. The van der Waals surface area contributed by atoms with Crippen molar-refractivity contribution in [3.8, 4) is 0 Å². The molecule has 0 aromatic carbocycles. The molecule has 0 unspecified atom stereocenters. The number of carbonyl (C=O) groups is 1. The zero-order chi connectivity index (χ0) is 12.4. The second kappa shape index (κ2) is 4.59. The van der Waals surface area contributed by atoms with Crippen LogP contribution >= 0.6 is 0 Å². The Labute approximate surface area is 104 Å². The molecule has 2 aromatic heterocycles. The van der Waals surface area contributed by atoms with Crippen LogP contribution in [0.1, 0.15) is 35.1 Å². The molecule has 3 heterocycles. The summed E-state index contributed by atoms with van der Waals surface area (Å²) in [5.74, 6) is 0.546. The van der Waals surface area contributed by atoms with Gasteiger partial charge in [0.05, 0.1) is 0 Å². The van der Waals surface area contributed by atoms with E-state index in [9.17, 15) is 4.79 Å². The summed E-state index contributed by atoms with van der Waals surface area (Å²) in [4.78, 5) is 17.9. The highest BCUT2D eigenvalue weighted by atomic mass is 16.2. The number of piperidine rings is 1. The summed E-state index contributed by atoms with van der Waals surface area (Å²) in [5, 5.41) is 13.3. The highest BCUT2D eigenvalue weighted by molar-refractivity contribution is 5.90. The third kappa shape index (κ3) is 1.99. The third-order valence-electron chi connectivity index (χ3n) is 3.29. The molecule has 2 aromatic rings. The molecule has 1 saturated heterocycles. The number of amides is 1. The van der Waals surface area contributed by atoms with E-state index in [1.54, 1.807) is 6.20 Å². The minimum absolute atomic E-state index is 0.0864. The number of carbonyl (C=O) groups excluding carboxylic acids is 1. The van der Waals surface area contributed by atoms with Gasteiger partial charge in [-0.3, -0.25) is 15.0 Å². The quantitative estimate of drug-likeness (QED) is 0.809. The molecule has 1 atom stereocenters. The maximum atomic E-state index is 12.1. The first-order chi connectivity index (χ1) is 8.84. The Balaban J connectivity index is 1.73. The fourth-order valence-electron chi connectivity index (χ4n) is 2.37. The van der Waals surface area contributed by atoms with Gasteiger partial charge in [0.15, 0.2) is 0 Å². The molecule has 0 spiro atoms. The van der Waals surface area contributed by atoms with E-state index < -0.39 is 0 Å². The molecule has 1 aliphatic heterocycles. The molecule has 1 aliphatic rings. The van der Waals surface area contributed by atoms with Crippen molar-refractivity contribution < 1.29 is 4.79 Å². The lowest BCUT2D eigenvalue weighted by Gasteiger charge is -2.31. The lowest BCUT2D eigenvalue weighted by atomic mass is 9.95. The zero-order valence-electron chi connectivity index (χ0n) is 9.83. The number of nitrogens with zero attached hydrogens (tertiary/aromatic N) is 4. The van der Waals surface area contributed by atoms with Crippen molar-refractivity contribution in [2.45, 2.75) is 18.8 Å². The number of hydrogen-bond donors (Lipinski definition) is 2. The van der Waals surface area contributed by atoms with Crippen LogP contribution in [-0.4, -0.2) is 49.3 Å². The van der Waals surface area contributed by atoms with Crippen LogP contribution in [0.5, 0.6) is 0 Å². The topological polar surface area (TPSA) is 90.6 Å². The van der Waals surface area contributed by atoms with Crippen LogP contribution in [0.3, 0.4) is 0 Å². The van der Waals surface area contributed by atoms with E-state index >= 15 is 0 Å². The molecular weight excluding hydrogens is 232 g/mol. The van der Waals surface area contributed by atoms with E-state index in [1.807, 2.05) is 11.0 Å². The molecule has 94 valence electrons. The highest BCUT2D eigenvalue weighted by Crippen LogP contribution is 2.25. The van der Waals surface area contributed by atoms with E-state index in [2.05, 4.69) is 25.4 Å². The number of hydrogen-bond acceptors (Lipinski definition) is 4. The first-order valence-corrected chi connectivity index (χ1v) is 5.98. The van der Waals surface area contributed by atoms with Crippen LogP contribution in [0.25, 0.3) is 0 Å². The number of nitrogens with one attached hydrogen (secondary N) is 2. The maximum absolute atomic E-state index is 12.1. The van der Waals surface area contributed by atoms with E-state index in [-0.39, 0.29) is 5.91 Å². The molecular formula is C11H14N6O. The monoisotopic (exact) mass is 246 g/mol. The summed E-state index contributed by atoms with van der Waals surface area (Å²) in [6.07, 6.45) is 5.15. The van der Waals surface area contributed by atoms with Crippen molar-refractivity contribution in [2.75, 3.05) is 13.1 Å². The summed E-state index contributed by atoms with van der Waals surface area (Å²) in [6.45, 7) is 1.46. The van der Waals surface area contributed by atoms with E-state index in [0.29, 0.717) is 18.3 Å². The van der Waals surface area contributed by atoms with Crippen LogP contribution in [0.2, 0.25) is 0 Å². The molecule has 0 saturated carbocycles. The molecule has 1 fully saturated rings. The summed E-state index contributed by atoms with van der Waals surface area (Å²) in [7, 11) is 0. The molecule has 7 nitrogen and oxygen atoms in total. The molecule has 0 aliphatic carbocycles. The first kappa shape index (κ1) is 10.9. The fraction of sp³-hybridized carbons (Fsp3) is 0.455. The van der Waals surface area contributed by atoms with E-state index in [4.69, 9.17) is 0 Å². The first-order valence-electron chi connectivity index (χ1n) is 5.98. The molecule has 0 radical (unpaired) electrons. The Hall–Kier alpha value is -2.18. The average Bonchev–Trinajstić information content (AvgIpc) is 3.11. The second-order valence-electron chi connectivity index (χ2n) is 4.44. The minimum Gasteiger partial charge on any atom is -0.335 e. The van der Waals surface area contributed by atoms with Gasteiger partial charge in [-0.05, 0) is 18.9 Å². The fourth-order valence-corrected chi connectivity index (χ4v) is 2.37. The summed E-state index contributed by atoms with van der Waals surface area (Å²) in [5.41, 5.74) is 1.09. The summed E-state index contributed by atoms with van der Waals surface area (Å²) in [6, 6.07) is 1.97. The average molecular weight is 246 g/mol. The number of aromatic nitrogens is 5. The number of rotatable bonds is 2. The molecule has 0 bridgehead atoms. The molecule has 1 amide bonds. The third-order valence-corrected chi connectivity index (χ3v) is 3.29. The molecule has 2 N–H and O–H groups in total. The van der Waals surface area contributed by atoms with Gasteiger partial charge in [-0.25, -0.2) is 4.98 Å². The van der Waals surface area contributed by atoms with Gasteiger partial charge in [0.25, 0.3) is 5.91 Å². The standard InChI is InChI=1S/C11H14N6O/c18-11(10-12-7-14-16-10)17-5-1-2-8(6-17)9-3-4-13-15-9/h3-4,7-8H,1-2,5-6H2,(H,13,15)(H,12,14,16)/t8-/m0/s1. The van der Waals surface area contributed by atoms with E-state index in [1.165, 1.54) is 6.33 Å². The largest absolute Gasteiger partial charge is 0.335 e. The van der Waals surface area contributed by atoms with Crippen LogP contribution in [0.4, 0.5) is 0 Å². The second-order valence-corrected chi connectivity index (χ2v) is 4.44. The predicted molar refractivity (Wildman–Crippen MR) is 62.8 cm³/mol. The van der Waals surface area contributed by atoms with Crippen molar-refractivity contribution in [1.82, 2.24) is 30.3 Å².